The van der Waals surface area contributed by atoms with Gasteiger partial charge in [0.1, 0.15) is 0 Å². The van der Waals surface area contributed by atoms with Gasteiger partial charge < -0.3 is 10.6 Å². The summed E-state index contributed by atoms with van der Waals surface area (Å²) in [7, 11) is 1.53. The van der Waals surface area contributed by atoms with E-state index in [-0.39, 0.29) is 36.6 Å². The summed E-state index contributed by atoms with van der Waals surface area (Å²) in [5.74, 6) is -1.14. The van der Waals surface area contributed by atoms with Gasteiger partial charge in [-0.1, -0.05) is 18.2 Å². The van der Waals surface area contributed by atoms with Crippen LogP contribution in [-0.2, 0) is 4.79 Å². The van der Waals surface area contributed by atoms with Gasteiger partial charge in [0.05, 0.1) is 11.1 Å². The number of benzene rings is 2. The van der Waals surface area contributed by atoms with Crippen molar-refractivity contribution in [2.45, 2.75) is 12.8 Å². The molecule has 0 radical (unpaired) electrons. The van der Waals surface area contributed by atoms with Crippen molar-refractivity contribution < 1.29 is 19.2 Å². The lowest BCUT2D eigenvalue weighted by Gasteiger charge is -2.13. The number of amides is 4. The smallest absolute Gasteiger partial charge is 0.261 e. The number of imide groups is 1. The number of nitrogens with zero attached hydrogens (tertiary/aromatic N) is 1. The zero-order valence-electron chi connectivity index (χ0n) is 14.8. The predicted molar refractivity (Wildman–Crippen MR) is 99.5 cm³/mol. The molecule has 0 aliphatic carbocycles. The highest BCUT2D eigenvalue weighted by Gasteiger charge is 2.34. The SMILES string of the molecule is CNC(=O)c1cccc(NC(=O)CCCN2C(=O)c3ccccc3C2=O)c1. The molecule has 1 aliphatic rings. The molecule has 0 atom stereocenters. The van der Waals surface area contributed by atoms with Crippen molar-refractivity contribution in [3.05, 3.63) is 65.2 Å². The second-order valence-electron chi connectivity index (χ2n) is 6.12. The zero-order chi connectivity index (χ0) is 19.4. The van der Waals surface area contributed by atoms with Crippen molar-refractivity contribution in [3.8, 4) is 0 Å². The van der Waals surface area contributed by atoms with E-state index < -0.39 is 0 Å². The van der Waals surface area contributed by atoms with Crippen molar-refractivity contribution in [1.29, 1.82) is 0 Å². The first kappa shape index (κ1) is 18.3. The predicted octanol–water partition coefficient (Wildman–Crippen LogP) is 2.06. The lowest BCUT2D eigenvalue weighted by atomic mass is 10.1. The summed E-state index contributed by atoms with van der Waals surface area (Å²) >= 11 is 0. The van der Waals surface area contributed by atoms with Crippen molar-refractivity contribution in [2.75, 3.05) is 18.9 Å². The Morgan fingerprint density at radius 1 is 0.963 bits per heavy atom. The van der Waals surface area contributed by atoms with E-state index >= 15 is 0 Å². The molecule has 1 aliphatic heterocycles. The van der Waals surface area contributed by atoms with Gasteiger partial charge in [-0.05, 0) is 36.8 Å². The molecule has 7 heteroatoms. The summed E-state index contributed by atoms with van der Waals surface area (Å²) < 4.78 is 0. The van der Waals surface area contributed by atoms with Gasteiger partial charge in [-0.25, -0.2) is 0 Å². The summed E-state index contributed by atoms with van der Waals surface area (Å²) in [6, 6.07) is 13.3. The van der Waals surface area contributed by atoms with E-state index in [0.717, 1.165) is 0 Å². The summed E-state index contributed by atoms with van der Waals surface area (Å²) in [5, 5.41) is 5.24. The Bertz CT molecular complexity index is 888. The van der Waals surface area contributed by atoms with Gasteiger partial charge in [0, 0.05) is 31.3 Å². The summed E-state index contributed by atoms with van der Waals surface area (Å²) in [6.45, 7) is 0.179. The number of nitrogens with one attached hydrogen (secondary N) is 2. The van der Waals surface area contributed by atoms with Crippen LogP contribution in [0.4, 0.5) is 5.69 Å². The second kappa shape index (κ2) is 7.82. The van der Waals surface area contributed by atoms with Gasteiger partial charge in [0.25, 0.3) is 17.7 Å². The molecule has 4 amide bonds. The fraction of sp³-hybridized carbons (Fsp3) is 0.200. The van der Waals surface area contributed by atoms with E-state index in [0.29, 0.717) is 28.8 Å². The van der Waals surface area contributed by atoms with Gasteiger partial charge in [-0.3, -0.25) is 24.1 Å². The highest BCUT2D eigenvalue weighted by molar-refractivity contribution is 6.21. The molecule has 0 bridgehead atoms. The number of hydrogen-bond acceptors (Lipinski definition) is 4. The van der Waals surface area contributed by atoms with Gasteiger partial charge >= 0.3 is 0 Å². The quantitative estimate of drug-likeness (QED) is 0.766. The van der Waals surface area contributed by atoms with Crippen LogP contribution in [-0.4, -0.2) is 42.1 Å². The van der Waals surface area contributed by atoms with Crippen molar-refractivity contribution in [2.24, 2.45) is 0 Å². The van der Waals surface area contributed by atoms with Crippen LogP contribution in [0.1, 0.15) is 43.9 Å². The van der Waals surface area contributed by atoms with Crippen molar-refractivity contribution in [1.82, 2.24) is 10.2 Å². The molecule has 2 aromatic carbocycles. The molecule has 0 saturated heterocycles. The molecule has 1 heterocycles. The van der Waals surface area contributed by atoms with Crippen LogP contribution in [0, 0.1) is 0 Å². The maximum atomic E-state index is 12.3. The van der Waals surface area contributed by atoms with E-state index in [1.807, 2.05) is 0 Å². The van der Waals surface area contributed by atoms with Gasteiger partial charge in [0.2, 0.25) is 5.91 Å². The zero-order valence-corrected chi connectivity index (χ0v) is 14.8. The van der Waals surface area contributed by atoms with Gasteiger partial charge in [-0.2, -0.15) is 0 Å². The van der Waals surface area contributed by atoms with Crippen LogP contribution in [0.2, 0.25) is 0 Å². The molecular formula is C20H19N3O4. The molecular weight excluding hydrogens is 346 g/mol. The third kappa shape index (κ3) is 3.87. The summed E-state index contributed by atoms with van der Waals surface area (Å²) in [4.78, 5) is 49.5. The molecule has 3 rings (SSSR count). The molecule has 0 unspecified atom stereocenters. The molecule has 0 spiro atoms. The fourth-order valence-corrected chi connectivity index (χ4v) is 2.95. The highest BCUT2D eigenvalue weighted by Crippen LogP contribution is 2.22. The first-order valence-corrected chi connectivity index (χ1v) is 8.58. The van der Waals surface area contributed by atoms with Crippen LogP contribution in [0.15, 0.2) is 48.5 Å². The first-order chi connectivity index (χ1) is 13.0. The Balaban J connectivity index is 1.53. The van der Waals surface area contributed by atoms with Gasteiger partial charge in [0.15, 0.2) is 0 Å². The largest absolute Gasteiger partial charge is 0.355 e. The van der Waals surface area contributed by atoms with Crippen LogP contribution in [0.3, 0.4) is 0 Å². The molecule has 138 valence electrons. The van der Waals surface area contributed by atoms with E-state index in [1.54, 1.807) is 48.5 Å². The third-order valence-corrected chi connectivity index (χ3v) is 4.30. The number of carbonyl (C=O) groups is 4. The molecule has 2 N–H and O–H groups in total. The molecule has 0 aromatic heterocycles. The first-order valence-electron chi connectivity index (χ1n) is 8.58. The molecule has 27 heavy (non-hydrogen) atoms. The maximum absolute atomic E-state index is 12.3. The van der Waals surface area contributed by atoms with E-state index in [4.69, 9.17) is 0 Å². The van der Waals surface area contributed by atoms with E-state index in [1.165, 1.54) is 11.9 Å². The van der Waals surface area contributed by atoms with Crippen molar-refractivity contribution >= 4 is 29.3 Å². The lowest BCUT2D eigenvalue weighted by Crippen LogP contribution is -2.31. The molecule has 7 nitrogen and oxygen atoms in total. The fourth-order valence-electron chi connectivity index (χ4n) is 2.95. The molecule has 0 saturated carbocycles. The Hall–Kier alpha value is -3.48. The van der Waals surface area contributed by atoms with Crippen LogP contribution in [0.5, 0.6) is 0 Å². The van der Waals surface area contributed by atoms with Crippen LogP contribution >= 0.6 is 0 Å². The topological polar surface area (TPSA) is 95.6 Å². The third-order valence-electron chi connectivity index (χ3n) is 4.30. The Kier molecular flexibility index (Phi) is 5.30. The average molecular weight is 365 g/mol. The maximum Gasteiger partial charge on any atom is 0.261 e. The minimum absolute atomic E-state index is 0.150. The summed E-state index contributed by atoms with van der Waals surface area (Å²) in [5.41, 5.74) is 1.76. The minimum Gasteiger partial charge on any atom is -0.355 e. The Morgan fingerprint density at radius 3 is 2.26 bits per heavy atom. The average Bonchev–Trinajstić information content (AvgIpc) is 2.92. The second-order valence-corrected chi connectivity index (χ2v) is 6.12. The molecule has 2 aromatic rings. The number of fused-ring (bicyclic) bond motifs is 1. The molecule has 0 fully saturated rings. The summed E-state index contributed by atoms with van der Waals surface area (Å²) in [6.07, 6.45) is 0.504. The van der Waals surface area contributed by atoms with E-state index in [2.05, 4.69) is 10.6 Å². The van der Waals surface area contributed by atoms with Crippen molar-refractivity contribution in [3.63, 3.8) is 0 Å². The highest BCUT2D eigenvalue weighted by atomic mass is 16.2. The Morgan fingerprint density at radius 2 is 1.63 bits per heavy atom. The minimum atomic E-state index is -0.325. The Labute approximate surface area is 156 Å². The lowest BCUT2D eigenvalue weighted by molar-refractivity contribution is -0.116. The number of carbonyl (C=O) groups excluding carboxylic acids is 4. The van der Waals surface area contributed by atoms with E-state index in [9.17, 15) is 19.2 Å². The number of rotatable bonds is 6. The van der Waals surface area contributed by atoms with Gasteiger partial charge in [-0.15, -0.1) is 0 Å². The normalized spacial score (nSPS) is 12.7. The number of hydrogen-bond donors (Lipinski definition) is 2. The van der Waals surface area contributed by atoms with Crippen LogP contribution in [0.25, 0.3) is 0 Å². The van der Waals surface area contributed by atoms with Crippen LogP contribution < -0.4 is 10.6 Å². The monoisotopic (exact) mass is 365 g/mol. The number of anilines is 1. The standard InChI is InChI=1S/C20H19N3O4/c1-21-18(25)13-6-4-7-14(12-13)22-17(24)10-5-11-23-19(26)15-8-2-3-9-16(15)20(23)27/h2-4,6-9,12H,5,10-11H2,1H3,(H,21,25)(H,22,24).